The third-order valence-electron chi connectivity index (χ3n) is 7.70. The van der Waals surface area contributed by atoms with Crippen LogP contribution in [0.4, 0.5) is 10.2 Å². The van der Waals surface area contributed by atoms with Crippen LogP contribution in [-0.4, -0.2) is 66.0 Å². The number of pyridine rings is 1. The fourth-order valence-corrected chi connectivity index (χ4v) is 5.54. The number of halogens is 1. The van der Waals surface area contributed by atoms with E-state index in [1.807, 2.05) is 6.92 Å². The third kappa shape index (κ3) is 3.78. The molecule has 1 atom stereocenters. The summed E-state index contributed by atoms with van der Waals surface area (Å²) in [6, 6.07) is 4.96. The number of hydrogen-bond donors (Lipinski definition) is 1. The van der Waals surface area contributed by atoms with Gasteiger partial charge in [-0.25, -0.2) is 9.37 Å². The van der Waals surface area contributed by atoms with Crippen LogP contribution in [0.1, 0.15) is 54.4 Å². The van der Waals surface area contributed by atoms with Crippen molar-refractivity contribution in [1.29, 1.82) is 0 Å². The molecular formula is C25H28FN7O3. The average Bonchev–Trinajstić information content (AvgIpc) is 3.55. The number of aryl methyl sites for hydroxylation is 1. The van der Waals surface area contributed by atoms with Gasteiger partial charge in [-0.2, -0.15) is 9.61 Å². The van der Waals surface area contributed by atoms with Gasteiger partial charge in [0.15, 0.2) is 0 Å². The molecule has 10 nitrogen and oxygen atoms in total. The van der Waals surface area contributed by atoms with Crippen molar-refractivity contribution in [1.82, 2.24) is 29.0 Å². The largest absolute Gasteiger partial charge is 0.328 e. The highest BCUT2D eigenvalue weighted by Gasteiger charge is 2.42. The molecule has 188 valence electrons. The van der Waals surface area contributed by atoms with E-state index in [4.69, 9.17) is 0 Å². The van der Waals surface area contributed by atoms with E-state index >= 15 is 0 Å². The van der Waals surface area contributed by atoms with Gasteiger partial charge in [-0.1, -0.05) is 13.3 Å². The Morgan fingerprint density at radius 1 is 1.19 bits per heavy atom. The second-order valence-corrected chi connectivity index (χ2v) is 9.84. The normalized spacial score (nSPS) is 20.2. The molecule has 3 aromatic rings. The Morgan fingerprint density at radius 3 is 2.72 bits per heavy atom. The van der Waals surface area contributed by atoms with Crippen molar-refractivity contribution in [3.63, 3.8) is 0 Å². The molecule has 6 rings (SSSR count). The first-order valence-corrected chi connectivity index (χ1v) is 12.5. The Hall–Kier alpha value is -3.60. The average molecular weight is 494 g/mol. The number of hydrogen-bond acceptors (Lipinski definition) is 6. The van der Waals surface area contributed by atoms with E-state index in [0.29, 0.717) is 29.4 Å². The molecule has 11 heteroatoms. The van der Waals surface area contributed by atoms with Crippen LogP contribution >= 0.6 is 0 Å². The number of fused-ring (bicyclic) bond motifs is 2. The van der Waals surface area contributed by atoms with E-state index in [-0.39, 0.29) is 42.1 Å². The van der Waals surface area contributed by atoms with Crippen LogP contribution in [0.2, 0.25) is 0 Å². The lowest BCUT2D eigenvalue weighted by atomic mass is 9.92. The molecule has 1 N–H and O–H groups in total. The molecule has 0 bridgehead atoms. The van der Waals surface area contributed by atoms with Crippen molar-refractivity contribution < 1.29 is 14.0 Å². The van der Waals surface area contributed by atoms with Gasteiger partial charge in [-0.3, -0.25) is 19.3 Å². The lowest BCUT2D eigenvalue weighted by molar-refractivity contribution is -0.116. The molecule has 36 heavy (non-hydrogen) atoms. The Balaban J connectivity index is 1.34. The Labute approximate surface area is 206 Å². The smallest absolute Gasteiger partial charge is 0.280 e. The molecule has 3 aliphatic rings. The van der Waals surface area contributed by atoms with Crippen molar-refractivity contribution in [2.75, 3.05) is 18.4 Å². The number of carbonyl (C=O) groups excluding carboxylic acids is 2. The van der Waals surface area contributed by atoms with Crippen LogP contribution in [0.5, 0.6) is 0 Å². The predicted octanol–water partition coefficient (Wildman–Crippen LogP) is 1.81. The molecule has 0 spiro atoms. The van der Waals surface area contributed by atoms with Crippen LogP contribution in [0.3, 0.4) is 0 Å². The number of nitrogens with one attached hydrogen (secondary N) is 1. The van der Waals surface area contributed by atoms with Crippen LogP contribution < -0.4 is 10.9 Å². The molecular weight excluding hydrogens is 465 g/mol. The molecule has 1 saturated heterocycles. The van der Waals surface area contributed by atoms with Crippen LogP contribution in [0.15, 0.2) is 29.2 Å². The van der Waals surface area contributed by atoms with Crippen LogP contribution in [0, 0.1) is 5.82 Å². The van der Waals surface area contributed by atoms with Crippen molar-refractivity contribution in [3.8, 4) is 0 Å². The van der Waals surface area contributed by atoms with Gasteiger partial charge >= 0.3 is 0 Å². The summed E-state index contributed by atoms with van der Waals surface area (Å²) in [5, 5.41) is 7.08. The molecule has 1 aliphatic carbocycles. The van der Waals surface area contributed by atoms with Gasteiger partial charge in [0.1, 0.15) is 29.5 Å². The zero-order chi connectivity index (χ0) is 25.0. The summed E-state index contributed by atoms with van der Waals surface area (Å²) in [6.45, 7) is 3.70. The molecule has 2 amide bonds. The van der Waals surface area contributed by atoms with Crippen molar-refractivity contribution >= 4 is 23.3 Å². The summed E-state index contributed by atoms with van der Waals surface area (Å²) in [7, 11) is 0. The monoisotopic (exact) mass is 493 g/mol. The quantitative estimate of drug-likeness (QED) is 0.562. The Kier molecular flexibility index (Phi) is 5.59. The molecule has 0 radical (unpaired) electrons. The minimum atomic E-state index is -0.507. The van der Waals surface area contributed by atoms with Crippen LogP contribution in [0.25, 0.3) is 5.65 Å². The first kappa shape index (κ1) is 22.8. The summed E-state index contributed by atoms with van der Waals surface area (Å²) in [4.78, 5) is 48.2. The molecule has 1 saturated carbocycles. The third-order valence-corrected chi connectivity index (χ3v) is 7.70. The highest BCUT2D eigenvalue weighted by atomic mass is 19.1. The molecule has 3 aromatic heterocycles. The van der Waals surface area contributed by atoms with Gasteiger partial charge in [0.2, 0.25) is 5.91 Å². The van der Waals surface area contributed by atoms with E-state index < -0.39 is 11.7 Å². The number of amides is 2. The number of rotatable bonds is 6. The van der Waals surface area contributed by atoms with E-state index in [1.165, 1.54) is 35.9 Å². The maximum absolute atomic E-state index is 13.7. The standard InChI is InChI=1S/C25H28FN7O3/c1-2-16-10-22-32(14-21(34)28-20-7-6-15(26)11-27-20)23-19(24(35)33(22)29-16)13-31(25(23)36)18-8-9-30(12-18)17-4-3-5-17/h6-7,10-11,17-18H,2-5,8-9,12-14H2,1H3,(H,27,28,34). The van der Waals surface area contributed by atoms with Gasteiger partial charge in [-0.05, 0) is 37.8 Å². The van der Waals surface area contributed by atoms with Gasteiger partial charge in [0.05, 0.1) is 24.0 Å². The summed E-state index contributed by atoms with van der Waals surface area (Å²) < 4.78 is 16.1. The summed E-state index contributed by atoms with van der Waals surface area (Å²) in [5.74, 6) is -0.970. The summed E-state index contributed by atoms with van der Waals surface area (Å²) in [5.41, 5.74) is 1.39. The minimum Gasteiger partial charge on any atom is -0.328 e. The highest BCUT2D eigenvalue weighted by molar-refractivity contribution is 5.98. The molecule has 2 fully saturated rings. The predicted molar refractivity (Wildman–Crippen MR) is 129 cm³/mol. The van der Waals surface area contributed by atoms with Gasteiger partial charge in [0.25, 0.3) is 11.5 Å². The van der Waals surface area contributed by atoms with Crippen molar-refractivity contribution in [2.45, 2.75) is 64.2 Å². The lowest BCUT2D eigenvalue weighted by Gasteiger charge is -2.35. The SMILES string of the molecule is CCc1cc2n(CC(=O)Nc3ccc(F)cn3)c3c(c(=O)n2n1)CN(C1CCN(C2CCC2)C1)C3=O. The fourth-order valence-electron chi connectivity index (χ4n) is 5.54. The second kappa shape index (κ2) is 8.81. The maximum Gasteiger partial charge on any atom is 0.280 e. The lowest BCUT2D eigenvalue weighted by Crippen LogP contribution is -2.42. The fraction of sp³-hybridized carbons (Fsp3) is 0.480. The first-order valence-electron chi connectivity index (χ1n) is 12.5. The Bertz CT molecular complexity index is 1410. The molecule has 0 aromatic carbocycles. The first-order chi connectivity index (χ1) is 17.4. The number of anilines is 1. The number of carbonyl (C=O) groups is 2. The molecule has 1 unspecified atom stereocenters. The minimum absolute atomic E-state index is 0.0362. The van der Waals surface area contributed by atoms with Gasteiger partial charge < -0.3 is 14.8 Å². The molecule has 2 aliphatic heterocycles. The van der Waals surface area contributed by atoms with Gasteiger partial charge in [0, 0.05) is 31.2 Å². The van der Waals surface area contributed by atoms with E-state index in [0.717, 1.165) is 25.7 Å². The summed E-state index contributed by atoms with van der Waals surface area (Å²) >= 11 is 0. The molecule has 5 heterocycles. The van der Waals surface area contributed by atoms with Crippen molar-refractivity contribution in [3.05, 3.63) is 57.5 Å². The maximum atomic E-state index is 13.7. The van der Waals surface area contributed by atoms with E-state index in [2.05, 4.69) is 20.3 Å². The zero-order valence-electron chi connectivity index (χ0n) is 20.1. The Morgan fingerprint density at radius 2 is 2.03 bits per heavy atom. The zero-order valence-corrected chi connectivity index (χ0v) is 20.1. The van der Waals surface area contributed by atoms with Crippen molar-refractivity contribution in [2.24, 2.45) is 0 Å². The highest BCUT2D eigenvalue weighted by Crippen LogP contribution is 2.32. The van der Waals surface area contributed by atoms with E-state index in [9.17, 15) is 18.8 Å². The summed E-state index contributed by atoms with van der Waals surface area (Å²) in [6.07, 6.45) is 6.18. The topological polar surface area (TPSA) is 105 Å². The second-order valence-electron chi connectivity index (χ2n) is 9.84. The number of nitrogens with zero attached hydrogens (tertiary/aromatic N) is 6. The number of likely N-dealkylation sites (tertiary alicyclic amines) is 1. The van der Waals surface area contributed by atoms with E-state index in [1.54, 1.807) is 15.5 Å². The van der Waals surface area contributed by atoms with Gasteiger partial charge in [-0.15, -0.1) is 0 Å². The van der Waals surface area contributed by atoms with Crippen LogP contribution in [-0.2, 0) is 24.3 Å². The number of aromatic nitrogens is 4.